The molecule has 0 unspecified atom stereocenters. The van der Waals surface area contributed by atoms with E-state index in [9.17, 15) is 19.5 Å². The quantitative estimate of drug-likeness (QED) is 0.0787. The van der Waals surface area contributed by atoms with Crippen molar-refractivity contribution in [2.45, 2.75) is 112 Å². The summed E-state index contributed by atoms with van der Waals surface area (Å²) in [7, 11) is 0. The van der Waals surface area contributed by atoms with Crippen molar-refractivity contribution in [1.29, 1.82) is 0 Å². The van der Waals surface area contributed by atoms with Crippen LogP contribution in [0.25, 0.3) is 10.8 Å². The Morgan fingerprint density at radius 3 is 2.35 bits per heavy atom. The van der Waals surface area contributed by atoms with E-state index >= 15 is 0 Å². The van der Waals surface area contributed by atoms with E-state index < -0.39 is 12.0 Å². The molecule has 10 heteroatoms. The number of carboxylic acid groups (broad SMARTS) is 1. The van der Waals surface area contributed by atoms with Crippen LogP contribution in [-0.4, -0.2) is 74.5 Å². The van der Waals surface area contributed by atoms with E-state index in [0.29, 0.717) is 31.8 Å². The van der Waals surface area contributed by atoms with E-state index in [0.717, 1.165) is 54.1 Å². The number of hydrogen-bond donors (Lipinski definition) is 3. The van der Waals surface area contributed by atoms with Gasteiger partial charge in [0.2, 0.25) is 11.8 Å². The van der Waals surface area contributed by atoms with Gasteiger partial charge in [-0.05, 0) is 94.1 Å². The molecule has 0 spiro atoms. The summed E-state index contributed by atoms with van der Waals surface area (Å²) in [6.07, 6.45) is 17.8. The average molecular weight is 758 g/mol. The Morgan fingerprint density at radius 1 is 0.944 bits per heavy atom. The number of allylic oxidation sites excluding steroid dienone is 6. The topological polar surface area (TPSA) is 117 Å². The first kappa shape index (κ1) is 44.2. The fraction of sp³-hybridized carbons (Fsp3) is 0.500. The highest BCUT2D eigenvalue weighted by Gasteiger charge is 2.26. The van der Waals surface area contributed by atoms with Crippen LogP contribution in [0.3, 0.4) is 0 Å². The number of rotatable bonds is 24. The Hall–Kier alpha value is -4.15. The third-order valence-electron chi connectivity index (χ3n) is 9.92. The molecule has 9 nitrogen and oxygen atoms in total. The third kappa shape index (κ3) is 15.7. The van der Waals surface area contributed by atoms with Crippen molar-refractivity contribution in [3.8, 4) is 0 Å². The molecule has 294 valence electrons. The van der Waals surface area contributed by atoms with E-state index in [2.05, 4.69) is 99.7 Å². The highest BCUT2D eigenvalue weighted by Crippen LogP contribution is 2.21. The van der Waals surface area contributed by atoms with Gasteiger partial charge in [-0.1, -0.05) is 97.7 Å². The van der Waals surface area contributed by atoms with Crippen molar-refractivity contribution in [2.75, 3.05) is 25.1 Å². The summed E-state index contributed by atoms with van der Waals surface area (Å²) in [5, 5.41) is 18.0. The van der Waals surface area contributed by atoms with Gasteiger partial charge in [0.05, 0.1) is 19.3 Å². The lowest BCUT2D eigenvalue weighted by molar-refractivity contribution is -0.142. The number of aromatic nitrogens is 2. The molecule has 0 aliphatic heterocycles. The summed E-state index contributed by atoms with van der Waals surface area (Å²) in [5.74, 6) is -0.741. The van der Waals surface area contributed by atoms with Gasteiger partial charge in [-0.2, -0.15) is 11.8 Å². The van der Waals surface area contributed by atoms with Crippen LogP contribution in [0, 0.1) is 5.92 Å². The molecule has 3 atom stereocenters. The van der Waals surface area contributed by atoms with E-state index in [1.165, 1.54) is 16.7 Å². The molecule has 0 radical (unpaired) electrons. The number of aliphatic carboxylic acids is 1. The van der Waals surface area contributed by atoms with Gasteiger partial charge < -0.3 is 20.3 Å². The van der Waals surface area contributed by atoms with Crippen LogP contribution in [0.1, 0.15) is 91.3 Å². The lowest BCUT2D eigenvalue weighted by Gasteiger charge is -2.31. The Morgan fingerprint density at radius 2 is 1.65 bits per heavy atom. The number of amides is 2. The molecular formula is C44H63N5O4S. The molecule has 3 N–H and O–H groups in total. The highest BCUT2D eigenvalue weighted by molar-refractivity contribution is 7.98. The maximum atomic E-state index is 13.7. The molecule has 1 heterocycles. The van der Waals surface area contributed by atoms with Gasteiger partial charge >= 0.3 is 5.97 Å². The average Bonchev–Trinajstić information content (AvgIpc) is 3.58. The summed E-state index contributed by atoms with van der Waals surface area (Å²) in [4.78, 5) is 45.4. The molecule has 0 saturated carbocycles. The second-order valence-corrected chi connectivity index (χ2v) is 15.8. The Balaban J connectivity index is 1.71. The fourth-order valence-corrected chi connectivity index (χ4v) is 6.87. The number of nitrogens with zero attached hydrogens (tertiary/aromatic N) is 3. The summed E-state index contributed by atoms with van der Waals surface area (Å²) in [6, 6.07) is 13.1. The van der Waals surface area contributed by atoms with E-state index in [1.54, 1.807) is 24.3 Å². The summed E-state index contributed by atoms with van der Waals surface area (Å²) in [5.41, 5.74) is 5.99. The van der Waals surface area contributed by atoms with Crippen LogP contribution in [0.5, 0.6) is 0 Å². The van der Waals surface area contributed by atoms with Gasteiger partial charge in [-0.3, -0.25) is 14.5 Å². The number of thioether (sulfide) groups is 1. The van der Waals surface area contributed by atoms with Crippen molar-refractivity contribution in [3.05, 3.63) is 101 Å². The van der Waals surface area contributed by atoms with Gasteiger partial charge in [0.25, 0.3) is 0 Å². The minimum absolute atomic E-state index is 0.00120. The molecular weight excluding hydrogens is 695 g/mol. The zero-order chi connectivity index (χ0) is 39.5. The van der Waals surface area contributed by atoms with Crippen molar-refractivity contribution >= 4 is 40.3 Å². The molecule has 2 amide bonds. The SMILES string of the molecule is CC[C@H](C)[C@@H](CN(CC(=O)N[C@@H](CCSC)C(=O)O)Cc1cccc2ccccc12)NC(=O)Cc1cncn1CC=C(C)CCC=C(C)CCC=C(C)C. The summed E-state index contributed by atoms with van der Waals surface area (Å²) >= 11 is 1.55. The molecule has 0 aliphatic carbocycles. The Labute approximate surface area is 327 Å². The van der Waals surface area contributed by atoms with Crippen LogP contribution in [0.2, 0.25) is 0 Å². The number of carboxylic acids is 1. The van der Waals surface area contributed by atoms with Crippen LogP contribution in [-0.2, 0) is 33.9 Å². The van der Waals surface area contributed by atoms with Crippen LogP contribution in [0.15, 0.2) is 89.9 Å². The van der Waals surface area contributed by atoms with Crippen molar-refractivity contribution in [2.24, 2.45) is 5.92 Å². The molecule has 3 rings (SSSR count). The first-order chi connectivity index (χ1) is 25.9. The third-order valence-corrected chi connectivity index (χ3v) is 10.6. The van der Waals surface area contributed by atoms with E-state index in [-0.39, 0.29) is 36.7 Å². The maximum absolute atomic E-state index is 13.7. The number of carbonyl (C=O) groups excluding carboxylic acids is 2. The fourth-order valence-electron chi connectivity index (χ4n) is 6.40. The minimum atomic E-state index is -1.04. The molecule has 0 saturated heterocycles. The smallest absolute Gasteiger partial charge is 0.326 e. The largest absolute Gasteiger partial charge is 0.480 e. The Bertz CT molecular complexity index is 1740. The molecule has 2 aromatic carbocycles. The molecule has 3 aromatic rings. The van der Waals surface area contributed by atoms with Gasteiger partial charge in [0.15, 0.2) is 0 Å². The van der Waals surface area contributed by atoms with Crippen LogP contribution in [0.4, 0.5) is 0 Å². The van der Waals surface area contributed by atoms with Gasteiger partial charge in [-0.15, -0.1) is 0 Å². The lowest BCUT2D eigenvalue weighted by Crippen LogP contribution is -2.51. The van der Waals surface area contributed by atoms with Crippen molar-refractivity contribution < 1.29 is 19.5 Å². The predicted octanol–water partition coefficient (Wildman–Crippen LogP) is 8.35. The second kappa shape index (κ2) is 23.6. The predicted molar refractivity (Wildman–Crippen MR) is 225 cm³/mol. The van der Waals surface area contributed by atoms with E-state index in [4.69, 9.17) is 0 Å². The van der Waals surface area contributed by atoms with Gasteiger partial charge in [0.1, 0.15) is 6.04 Å². The van der Waals surface area contributed by atoms with Gasteiger partial charge in [0, 0.05) is 37.6 Å². The highest BCUT2D eigenvalue weighted by atomic mass is 32.2. The van der Waals surface area contributed by atoms with Gasteiger partial charge in [-0.25, -0.2) is 9.78 Å². The van der Waals surface area contributed by atoms with E-state index in [1.807, 2.05) is 33.9 Å². The van der Waals surface area contributed by atoms with Crippen molar-refractivity contribution in [1.82, 2.24) is 25.1 Å². The minimum Gasteiger partial charge on any atom is -0.480 e. The first-order valence-corrected chi connectivity index (χ1v) is 20.7. The molecule has 0 aliphatic rings. The molecule has 0 fully saturated rings. The molecule has 1 aromatic heterocycles. The van der Waals surface area contributed by atoms with Crippen molar-refractivity contribution in [3.63, 3.8) is 0 Å². The molecule has 0 bridgehead atoms. The molecule has 54 heavy (non-hydrogen) atoms. The normalized spacial score (nSPS) is 13.8. The number of hydrogen-bond acceptors (Lipinski definition) is 6. The first-order valence-electron chi connectivity index (χ1n) is 19.3. The monoisotopic (exact) mass is 757 g/mol. The maximum Gasteiger partial charge on any atom is 0.326 e. The summed E-state index contributed by atoms with van der Waals surface area (Å²) in [6.45, 7) is 14.4. The second-order valence-electron chi connectivity index (χ2n) is 14.8. The number of benzene rings is 2. The van der Waals surface area contributed by atoms with Crippen LogP contribution >= 0.6 is 11.8 Å². The number of fused-ring (bicyclic) bond motifs is 1. The standard InChI is InChI=1S/C44H63N5O4S/c1-8-35(6)41(47-42(50)26-38-27-45-31-49(38)24-22-34(5)17-12-16-33(4)15-11-14-32(2)3)29-48(30-43(51)46-40(44(52)53)23-25-54-7)28-37-20-13-19-36-18-9-10-21-39(36)37/h9-10,13-14,16,18-22,27,31,35,40-41H,8,11-12,15,17,23-26,28-30H2,1-7H3,(H,46,51)(H,47,50)(H,52,53)/t35-,40-,41+/m0/s1. The zero-order valence-electron chi connectivity index (χ0n) is 33.6. The number of carbonyl (C=O) groups is 3. The summed E-state index contributed by atoms with van der Waals surface area (Å²) < 4.78 is 2.02. The van der Waals surface area contributed by atoms with Crippen LogP contribution < -0.4 is 10.6 Å². The number of nitrogens with one attached hydrogen (secondary N) is 2. The Kier molecular flexibility index (Phi) is 19.3. The number of imidazole rings is 1. The lowest BCUT2D eigenvalue weighted by atomic mass is 9.97. The zero-order valence-corrected chi connectivity index (χ0v) is 34.4.